The maximum Gasteiger partial charge on any atom is 0.233 e. The first-order chi connectivity index (χ1) is 8.80. The fourth-order valence-corrected chi connectivity index (χ4v) is 3.18. The Hall–Kier alpha value is -0.640. The topological polar surface area (TPSA) is 55.1 Å². The highest BCUT2D eigenvalue weighted by Gasteiger charge is 2.45. The smallest absolute Gasteiger partial charge is 0.233 e. The standard InChI is InChI=1S/C15H28N2OS/c1-5-9-15(10-6-2,12(16)19)13(18)17-14(3,4)11-7-8-11/h11H,5-10H2,1-4H3,(H2,16,19)(H,17,18). The molecule has 0 aromatic carbocycles. The second-order valence-corrected chi connectivity index (χ2v) is 6.84. The second kappa shape index (κ2) is 6.21. The normalized spacial score (nSPS) is 16.2. The van der Waals surface area contributed by atoms with Gasteiger partial charge in [-0.25, -0.2) is 0 Å². The Kier molecular flexibility index (Phi) is 5.36. The molecule has 0 bridgehead atoms. The molecule has 1 fully saturated rings. The number of hydrogen-bond acceptors (Lipinski definition) is 2. The molecule has 1 aliphatic carbocycles. The zero-order chi connectivity index (χ0) is 14.7. The number of nitrogens with two attached hydrogens (primary N) is 1. The molecule has 0 spiro atoms. The van der Waals surface area contributed by atoms with Crippen LogP contribution >= 0.6 is 12.2 Å². The third-order valence-corrected chi connectivity index (χ3v) is 4.68. The average Bonchev–Trinajstić information content (AvgIpc) is 3.11. The van der Waals surface area contributed by atoms with Crippen molar-refractivity contribution in [3.63, 3.8) is 0 Å². The molecule has 0 aromatic rings. The molecule has 0 unspecified atom stereocenters. The van der Waals surface area contributed by atoms with Crippen LogP contribution in [-0.4, -0.2) is 16.4 Å². The molecule has 0 radical (unpaired) electrons. The number of amides is 1. The van der Waals surface area contributed by atoms with E-state index in [-0.39, 0.29) is 11.4 Å². The molecular weight excluding hydrogens is 256 g/mol. The first-order valence-electron chi connectivity index (χ1n) is 7.42. The summed E-state index contributed by atoms with van der Waals surface area (Å²) in [6.07, 6.45) is 5.71. The third kappa shape index (κ3) is 3.68. The SMILES string of the molecule is CCCC(CCC)(C(=O)NC(C)(C)C1CC1)C(N)=S. The van der Waals surface area contributed by atoms with Crippen molar-refractivity contribution in [2.45, 2.75) is 71.8 Å². The van der Waals surface area contributed by atoms with Crippen molar-refractivity contribution in [3.8, 4) is 0 Å². The van der Waals surface area contributed by atoms with E-state index in [4.69, 9.17) is 18.0 Å². The first kappa shape index (κ1) is 16.4. The number of carbonyl (C=O) groups is 1. The van der Waals surface area contributed by atoms with Gasteiger partial charge in [0.1, 0.15) is 0 Å². The van der Waals surface area contributed by atoms with Crippen molar-refractivity contribution in [2.75, 3.05) is 0 Å². The average molecular weight is 284 g/mol. The van der Waals surface area contributed by atoms with E-state index in [1.165, 1.54) is 12.8 Å². The van der Waals surface area contributed by atoms with Crippen LogP contribution < -0.4 is 11.1 Å². The Balaban J connectivity index is 2.89. The lowest BCUT2D eigenvalue weighted by Crippen LogP contribution is -2.55. The summed E-state index contributed by atoms with van der Waals surface area (Å²) in [5, 5.41) is 3.20. The van der Waals surface area contributed by atoms with E-state index >= 15 is 0 Å². The molecule has 4 heteroatoms. The summed E-state index contributed by atoms with van der Waals surface area (Å²) in [7, 11) is 0. The van der Waals surface area contributed by atoms with Gasteiger partial charge in [-0.3, -0.25) is 4.79 Å². The second-order valence-electron chi connectivity index (χ2n) is 6.40. The Labute approximate surface area is 122 Å². The minimum absolute atomic E-state index is 0.0283. The van der Waals surface area contributed by atoms with Crippen LogP contribution in [0.1, 0.15) is 66.2 Å². The molecule has 1 amide bonds. The van der Waals surface area contributed by atoms with E-state index in [1.807, 2.05) is 0 Å². The van der Waals surface area contributed by atoms with Crippen LogP contribution in [0.2, 0.25) is 0 Å². The molecule has 19 heavy (non-hydrogen) atoms. The Bertz CT molecular complexity index is 342. The fourth-order valence-electron chi connectivity index (χ4n) is 2.88. The van der Waals surface area contributed by atoms with Gasteiger partial charge in [-0.05, 0) is 45.4 Å². The minimum Gasteiger partial charge on any atom is -0.392 e. The van der Waals surface area contributed by atoms with Crippen molar-refractivity contribution in [1.82, 2.24) is 5.32 Å². The van der Waals surface area contributed by atoms with Crippen molar-refractivity contribution >= 4 is 23.1 Å². The Morgan fingerprint density at radius 3 is 2.05 bits per heavy atom. The molecule has 110 valence electrons. The number of carbonyl (C=O) groups excluding carboxylic acids is 1. The van der Waals surface area contributed by atoms with Gasteiger partial charge in [0.15, 0.2) is 0 Å². The summed E-state index contributed by atoms with van der Waals surface area (Å²) in [5.74, 6) is 0.629. The van der Waals surface area contributed by atoms with Crippen LogP contribution in [0.3, 0.4) is 0 Å². The highest BCUT2D eigenvalue weighted by atomic mass is 32.1. The van der Waals surface area contributed by atoms with Gasteiger partial charge in [-0.2, -0.15) is 0 Å². The molecule has 0 atom stereocenters. The molecule has 1 aliphatic rings. The molecule has 0 aromatic heterocycles. The maximum absolute atomic E-state index is 12.8. The van der Waals surface area contributed by atoms with Gasteiger partial charge in [-0.1, -0.05) is 38.9 Å². The van der Waals surface area contributed by atoms with Crippen molar-refractivity contribution < 1.29 is 4.79 Å². The van der Waals surface area contributed by atoms with Gasteiger partial charge < -0.3 is 11.1 Å². The third-order valence-electron chi connectivity index (χ3n) is 4.29. The number of hydrogen-bond donors (Lipinski definition) is 2. The maximum atomic E-state index is 12.8. The Morgan fingerprint density at radius 2 is 1.74 bits per heavy atom. The van der Waals surface area contributed by atoms with Crippen LogP contribution in [0, 0.1) is 11.3 Å². The zero-order valence-electron chi connectivity index (χ0n) is 12.7. The molecule has 3 N–H and O–H groups in total. The van der Waals surface area contributed by atoms with Crippen LogP contribution in [0.4, 0.5) is 0 Å². The van der Waals surface area contributed by atoms with Crippen molar-refractivity contribution in [1.29, 1.82) is 0 Å². The molecule has 0 saturated heterocycles. The van der Waals surface area contributed by atoms with Crippen LogP contribution in [0.25, 0.3) is 0 Å². The fraction of sp³-hybridized carbons (Fsp3) is 0.867. The van der Waals surface area contributed by atoms with E-state index in [1.54, 1.807) is 0 Å². The van der Waals surface area contributed by atoms with Crippen LogP contribution in [-0.2, 0) is 4.79 Å². The molecular formula is C15H28N2OS. The zero-order valence-corrected chi connectivity index (χ0v) is 13.5. The highest BCUT2D eigenvalue weighted by molar-refractivity contribution is 7.80. The first-order valence-corrected chi connectivity index (χ1v) is 7.83. The lowest BCUT2D eigenvalue weighted by atomic mass is 9.77. The minimum atomic E-state index is -0.662. The summed E-state index contributed by atoms with van der Waals surface area (Å²) in [4.78, 5) is 13.1. The number of rotatable bonds is 8. The summed E-state index contributed by atoms with van der Waals surface area (Å²) < 4.78 is 0. The van der Waals surface area contributed by atoms with E-state index in [2.05, 4.69) is 33.0 Å². The van der Waals surface area contributed by atoms with Crippen molar-refractivity contribution in [3.05, 3.63) is 0 Å². The predicted octanol–water partition coefficient (Wildman–Crippen LogP) is 3.16. The van der Waals surface area contributed by atoms with E-state index in [0.29, 0.717) is 10.9 Å². The Morgan fingerprint density at radius 1 is 1.26 bits per heavy atom. The van der Waals surface area contributed by atoms with E-state index in [9.17, 15) is 4.79 Å². The van der Waals surface area contributed by atoms with E-state index < -0.39 is 5.41 Å². The quantitative estimate of drug-likeness (QED) is 0.673. The number of thiocarbonyl (C=S) groups is 1. The molecule has 0 heterocycles. The van der Waals surface area contributed by atoms with Gasteiger partial charge in [0.05, 0.1) is 10.4 Å². The van der Waals surface area contributed by atoms with Gasteiger partial charge in [0.2, 0.25) is 5.91 Å². The summed E-state index contributed by atoms with van der Waals surface area (Å²) >= 11 is 5.22. The van der Waals surface area contributed by atoms with E-state index in [0.717, 1.165) is 25.7 Å². The lowest BCUT2D eigenvalue weighted by Gasteiger charge is -2.36. The predicted molar refractivity (Wildman–Crippen MR) is 84.0 cm³/mol. The van der Waals surface area contributed by atoms with Crippen LogP contribution in [0.15, 0.2) is 0 Å². The largest absolute Gasteiger partial charge is 0.392 e. The monoisotopic (exact) mass is 284 g/mol. The summed E-state index contributed by atoms with van der Waals surface area (Å²) in [5.41, 5.74) is 5.12. The molecule has 3 nitrogen and oxygen atoms in total. The lowest BCUT2D eigenvalue weighted by molar-refractivity contribution is -0.130. The molecule has 1 saturated carbocycles. The van der Waals surface area contributed by atoms with Gasteiger partial charge >= 0.3 is 0 Å². The van der Waals surface area contributed by atoms with Crippen molar-refractivity contribution in [2.24, 2.45) is 17.1 Å². The van der Waals surface area contributed by atoms with Gasteiger partial charge in [-0.15, -0.1) is 0 Å². The molecule has 1 rings (SSSR count). The number of nitrogens with one attached hydrogen (secondary N) is 1. The highest BCUT2D eigenvalue weighted by Crippen LogP contribution is 2.40. The van der Waals surface area contributed by atoms with Crippen LogP contribution in [0.5, 0.6) is 0 Å². The summed E-state index contributed by atoms with van der Waals surface area (Å²) in [6.45, 7) is 8.35. The summed E-state index contributed by atoms with van der Waals surface area (Å²) in [6, 6.07) is 0. The van der Waals surface area contributed by atoms with Gasteiger partial charge in [0.25, 0.3) is 0 Å². The molecule has 0 aliphatic heterocycles. The van der Waals surface area contributed by atoms with Gasteiger partial charge in [0, 0.05) is 5.54 Å².